The van der Waals surface area contributed by atoms with Crippen molar-refractivity contribution >= 4 is 0 Å². The summed E-state index contributed by atoms with van der Waals surface area (Å²) in [7, 11) is 0. The second kappa shape index (κ2) is 6.01. The van der Waals surface area contributed by atoms with Crippen LogP contribution in [0.25, 0.3) is 22.4 Å². The van der Waals surface area contributed by atoms with Gasteiger partial charge in [0.25, 0.3) is 0 Å². The summed E-state index contributed by atoms with van der Waals surface area (Å²) in [6.07, 6.45) is 3.09. The molecule has 3 aromatic rings. The van der Waals surface area contributed by atoms with Crippen molar-refractivity contribution in [3.8, 4) is 22.4 Å². The molecule has 0 amide bonds. The van der Waals surface area contributed by atoms with Gasteiger partial charge in [0.15, 0.2) is 0 Å². The highest BCUT2D eigenvalue weighted by Crippen LogP contribution is 2.28. The van der Waals surface area contributed by atoms with Crippen molar-refractivity contribution in [3.05, 3.63) is 66.6 Å². The molecule has 1 aliphatic rings. The highest BCUT2D eigenvalue weighted by atomic mass is 15.0. The van der Waals surface area contributed by atoms with Crippen LogP contribution in [0.15, 0.2) is 60.8 Å². The van der Waals surface area contributed by atoms with Gasteiger partial charge >= 0.3 is 0 Å². The average Bonchev–Trinajstić information content (AvgIpc) is 3.25. The van der Waals surface area contributed by atoms with Crippen LogP contribution in [-0.4, -0.2) is 16.5 Å². The lowest BCUT2D eigenvalue weighted by Crippen LogP contribution is -2.14. The molecule has 4 rings (SSSR count). The lowest BCUT2D eigenvalue weighted by atomic mass is 10.0. The fraction of sp³-hybridized carbons (Fsp3) is 0.250. The second-order valence-corrected chi connectivity index (χ2v) is 6.43. The molecule has 1 saturated heterocycles. The Kier molecular flexibility index (Phi) is 3.72. The number of H-pyrrole nitrogens is 1. The summed E-state index contributed by atoms with van der Waals surface area (Å²) in [6, 6.07) is 19.5. The molecule has 2 aromatic carbocycles. The van der Waals surface area contributed by atoms with Crippen molar-refractivity contribution in [1.82, 2.24) is 15.3 Å². The number of aromatic nitrogens is 2. The maximum Gasteiger partial charge on any atom is 0.123 e. The standard InChI is InChI=1S/C20H21N3/c1-14-11-18(21-12-14)20-22-13-19(23-20)17-9-7-16(8-10-17)15-5-3-2-4-6-15/h2-10,13-14,18,21H,11-12H2,1H3,(H,22,23). The van der Waals surface area contributed by atoms with Gasteiger partial charge in [-0.1, -0.05) is 61.5 Å². The van der Waals surface area contributed by atoms with E-state index in [2.05, 4.69) is 70.7 Å². The van der Waals surface area contributed by atoms with Crippen molar-refractivity contribution < 1.29 is 0 Å². The van der Waals surface area contributed by atoms with Crippen LogP contribution in [0.2, 0.25) is 0 Å². The molecule has 0 spiro atoms. The number of imidazole rings is 1. The van der Waals surface area contributed by atoms with Crippen molar-refractivity contribution in [2.45, 2.75) is 19.4 Å². The molecule has 3 heteroatoms. The second-order valence-electron chi connectivity index (χ2n) is 6.43. The zero-order chi connectivity index (χ0) is 15.6. The molecule has 1 fully saturated rings. The largest absolute Gasteiger partial charge is 0.341 e. The Morgan fingerprint density at radius 2 is 1.61 bits per heavy atom. The Labute approximate surface area is 136 Å². The summed E-state index contributed by atoms with van der Waals surface area (Å²) in [4.78, 5) is 8.05. The summed E-state index contributed by atoms with van der Waals surface area (Å²) in [6.45, 7) is 3.35. The van der Waals surface area contributed by atoms with Crippen LogP contribution < -0.4 is 5.32 Å². The number of hydrogen-bond donors (Lipinski definition) is 2. The molecule has 1 aliphatic heterocycles. The smallest absolute Gasteiger partial charge is 0.123 e. The van der Waals surface area contributed by atoms with E-state index >= 15 is 0 Å². The summed E-state index contributed by atoms with van der Waals surface area (Å²) < 4.78 is 0. The van der Waals surface area contributed by atoms with E-state index in [0.717, 1.165) is 30.4 Å². The van der Waals surface area contributed by atoms with Gasteiger partial charge in [-0.3, -0.25) is 0 Å². The first kappa shape index (κ1) is 14.2. The maximum atomic E-state index is 4.57. The van der Waals surface area contributed by atoms with E-state index in [1.165, 1.54) is 16.7 Å². The fourth-order valence-corrected chi connectivity index (χ4v) is 3.25. The maximum absolute atomic E-state index is 4.57. The van der Waals surface area contributed by atoms with Crippen LogP contribution in [0.4, 0.5) is 0 Å². The van der Waals surface area contributed by atoms with Gasteiger partial charge in [0.1, 0.15) is 5.82 Å². The molecule has 0 radical (unpaired) electrons. The Hall–Kier alpha value is -2.39. The molecule has 2 atom stereocenters. The summed E-state index contributed by atoms with van der Waals surface area (Å²) in [5.41, 5.74) is 4.74. The first-order chi connectivity index (χ1) is 11.3. The monoisotopic (exact) mass is 303 g/mol. The van der Waals surface area contributed by atoms with Crippen LogP contribution in [0.3, 0.4) is 0 Å². The lowest BCUT2D eigenvalue weighted by Gasteiger charge is -2.06. The SMILES string of the molecule is CC1CNC(c2ncc(-c3ccc(-c4ccccc4)cc3)[nH]2)C1. The lowest BCUT2D eigenvalue weighted by molar-refractivity contribution is 0.588. The molecule has 2 N–H and O–H groups in total. The van der Waals surface area contributed by atoms with Crippen LogP contribution in [0.5, 0.6) is 0 Å². The molecular weight excluding hydrogens is 282 g/mol. The minimum absolute atomic E-state index is 0.363. The molecule has 0 aliphatic carbocycles. The molecule has 1 aromatic heterocycles. The predicted molar refractivity (Wildman–Crippen MR) is 94.0 cm³/mol. The fourth-order valence-electron chi connectivity index (χ4n) is 3.25. The molecule has 0 bridgehead atoms. The van der Waals surface area contributed by atoms with Gasteiger partial charge < -0.3 is 10.3 Å². The van der Waals surface area contributed by atoms with E-state index in [4.69, 9.17) is 0 Å². The zero-order valence-corrected chi connectivity index (χ0v) is 13.3. The zero-order valence-electron chi connectivity index (χ0n) is 13.3. The topological polar surface area (TPSA) is 40.7 Å². The van der Waals surface area contributed by atoms with Gasteiger partial charge in [-0.25, -0.2) is 4.98 Å². The van der Waals surface area contributed by atoms with E-state index < -0.39 is 0 Å². The van der Waals surface area contributed by atoms with Crippen molar-refractivity contribution in [3.63, 3.8) is 0 Å². The Bertz CT molecular complexity index is 774. The molecule has 116 valence electrons. The van der Waals surface area contributed by atoms with Gasteiger partial charge in [0, 0.05) is 0 Å². The third-order valence-electron chi connectivity index (χ3n) is 4.58. The van der Waals surface area contributed by atoms with Crippen molar-refractivity contribution in [2.75, 3.05) is 6.54 Å². The van der Waals surface area contributed by atoms with Crippen LogP contribution in [0, 0.1) is 5.92 Å². The van der Waals surface area contributed by atoms with Crippen molar-refractivity contribution in [2.24, 2.45) is 5.92 Å². The molecule has 2 unspecified atom stereocenters. The van der Waals surface area contributed by atoms with Crippen LogP contribution in [0.1, 0.15) is 25.2 Å². The molecule has 2 heterocycles. The highest BCUT2D eigenvalue weighted by molar-refractivity contribution is 5.68. The first-order valence-corrected chi connectivity index (χ1v) is 8.24. The Morgan fingerprint density at radius 1 is 0.913 bits per heavy atom. The van der Waals surface area contributed by atoms with Gasteiger partial charge in [-0.2, -0.15) is 0 Å². The molecular formula is C20H21N3. The minimum atomic E-state index is 0.363. The Morgan fingerprint density at radius 3 is 2.30 bits per heavy atom. The predicted octanol–water partition coefficient (Wildman–Crippen LogP) is 4.41. The van der Waals surface area contributed by atoms with E-state index in [9.17, 15) is 0 Å². The van der Waals surface area contributed by atoms with Gasteiger partial charge in [-0.05, 0) is 35.6 Å². The van der Waals surface area contributed by atoms with Gasteiger partial charge in [0.2, 0.25) is 0 Å². The van der Waals surface area contributed by atoms with Gasteiger partial charge in [0.05, 0.1) is 17.9 Å². The van der Waals surface area contributed by atoms with Gasteiger partial charge in [-0.15, -0.1) is 0 Å². The molecule has 23 heavy (non-hydrogen) atoms. The van der Waals surface area contributed by atoms with Crippen LogP contribution in [-0.2, 0) is 0 Å². The van der Waals surface area contributed by atoms with E-state index in [1.54, 1.807) is 0 Å². The van der Waals surface area contributed by atoms with Crippen molar-refractivity contribution in [1.29, 1.82) is 0 Å². The quantitative estimate of drug-likeness (QED) is 0.752. The van der Waals surface area contributed by atoms with E-state index in [1.807, 2.05) is 12.3 Å². The van der Waals surface area contributed by atoms with E-state index in [0.29, 0.717) is 6.04 Å². The number of nitrogens with zero attached hydrogens (tertiary/aromatic N) is 1. The first-order valence-electron chi connectivity index (χ1n) is 8.24. The number of rotatable bonds is 3. The number of hydrogen-bond acceptors (Lipinski definition) is 2. The third kappa shape index (κ3) is 2.92. The highest BCUT2D eigenvalue weighted by Gasteiger charge is 2.24. The number of nitrogens with one attached hydrogen (secondary N) is 2. The number of benzene rings is 2. The van der Waals surface area contributed by atoms with Crippen LogP contribution >= 0.6 is 0 Å². The minimum Gasteiger partial charge on any atom is -0.341 e. The number of aromatic amines is 1. The average molecular weight is 303 g/mol. The summed E-state index contributed by atoms with van der Waals surface area (Å²) >= 11 is 0. The molecule has 0 saturated carbocycles. The Balaban J connectivity index is 1.56. The third-order valence-corrected chi connectivity index (χ3v) is 4.58. The summed E-state index contributed by atoms with van der Waals surface area (Å²) in [5.74, 6) is 1.77. The van der Waals surface area contributed by atoms with E-state index in [-0.39, 0.29) is 0 Å². The summed E-state index contributed by atoms with van der Waals surface area (Å²) in [5, 5.41) is 3.52. The normalized spacial score (nSPS) is 20.7. The molecule has 3 nitrogen and oxygen atoms in total.